The van der Waals surface area contributed by atoms with Gasteiger partial charge in [-0.15, -0.1) is 0 Å². The van der Waals surface area contributed by atoms with Crippen molar-refractivity contribution in [1.29, 1.82) is 0 Å². The summed E-state index contributed by atoms with van der Waals surface area (Å²) in [7, 11) is 0. The van der Waals surface area contributed by atoms with Crippen molar-refractivity contribution in [3.63, 3.8) is 0 Å². The number of likely N-dealkylation sites (tertiary alicyclic amines) is 1. The number of nitrogens with two attached hydrogens (primary N) is 1. The minimum Gasteiger partial charge on any atom is -0.330 e. The average Bonchev–Trinajstić information content (AvgIpc) is 2.33. The first kappa shape index (κ1) is 13.2. The number of piperidine rings is 1. The van der Waals surface area contributed by atoms with Crippen LogP contribution in [0.3, 0.4) is 0 Å². The molecule has 0 radical (unpaired) electrons. The van der Waals surface area contributed by atoms with Crippen LogP contribution < -0.4 is 5.73 Å². The van der Waals surface area contributed by atoms with E-state index in [4.69, 9.17) is 28.9 Å². The molecule has 1 heterocycles. The normalized spacial score (nSPS) is 21.7. The third kappa shape index (κ3) is 3.59. The number of halogens is 2. The molecular formula is C13H18Cl2N2. The van der Waals surface area contributed by atoms with Crippen LogP contribution in [-0.4, -0.2) is 24.5 Å². The van der Waals surface area contributed by atoms with Gasteiger partial charge >= 0.3 is 0 Å². The minimum absolute atomic E-state index is 0.634. The lowest BCUT2D eigenvalue weighted by atomic mass is 9.98. The van der Waals surface area contributed by atoms with Crippen molar-refractivity contribution in [2.45, 2.75) is 19.4 Å². The third-order valence-electron chi connectivity index (χ3n) is 3.35. The molecule has 0 spiro atoms. The summed E-state index contributed by atoms with van der Waals surface area (Å²) < 4.78 is 0. The molecule has 1 aliphatic heterocycles. The molecule has 0 saturated carbocycles. The van der Waals surface area contributed by atoms with Crippen molar-refractivity contribution in [3.05, 3.63) is 33.8 Å². The van der Waals surface area contributed by atoms with Crippen molar-refractivity contribution in [2.24, 2.45) is 11.7 Å². The van der Waals surface area contributed by atoms with Gasteiger partial charge in [-0.05, 0) is 49.5 Å². The molecule has 1 atom stereocenters. The van der Waals surface area contributed by atoms with Gasteiger partial charge in [0.25, 0.3) is 0 Å². The predicted octanol–water partition coefficient (Wildman–Crippen LogP) is 3.16. The van der Waals surface area contributed by atoms with E-state index in [9.17, 15) is 0 Å². The molecule has 0 aromatic heterocycles. The molecule has 0 bridgehead atoms. The van der Waals surface area contributed by atoms with E-state index < -0.39 is 0 Å². The molecule has 1 aromatic carbocycles. The summed E-state index contributed by atoms with van der Waals surface area (Å²) in [5.41, 5.74) is 6.89. The van der Waals surface area contributed by atoms with E-state index in [1.165, 1.54) is 12.8 Å². The fourth-order valence-electron chi connectivity index (χ4n) is 2.38. The van der Waals surface area contributed by atoms with Gasteiger partial charge in [0.1, 0.15) is 0 Å². The summed E-state index contributed by atoms with van der Waals surface area (Å²) in [6, 6.07) is 5.71. The second-order valence-corrected chi connectivity index (χ2v) is 5.56. The zero-order valence-electron chi connectivity index (χ0n) is 9.83. The van der Waals surface area contributed by atoms with Gasteiger partial charge < -0.3 is 5.73 Å². The van der Waals surface area contributed by atoms with Crippen LogP contribution in [0.1, 0.15) is 18.4 Å². The standard InChI is InChI=1S/C13H18Cl2N2/c14-12-4-3-11(13(15)6-12)9-17-5-1-2-10(7-16)8-17/h3-4,6,10H,1-2,5,7-9,16H2. The molecule has 1 fully saturated rings. The number of nitrogens with zero attached hydrogens (tertiary/aromatic N) is 1. The Bertz CT molecular complexity index is 382. The maximum absolute atomic E-state index is 6.18. The van der Waals surface area contributed by atoms with Crippen LogP contribution in [0.15, 0.2) is 18.2 Å². The highest BCUT2D eigenvalue weighted by Crippen LogP contribution is 2.24. The first-order valence-electron chi connectivity index (χ1n) is 6.05. The van der Waals surface area contributed by atoms with E-state index in [0.29, 0.717) is 10.9 Å². The maximum atomic E-state index is 6.18. The molecule has 17 heavy (non-hydrogen) atoms. The second-order valence-electron chi connectivity index (χ2n) is 4.71. The lowest BCUT2D eigenvalue weighted by molar-refractivity contribution is 0.171. The quantitative estimate of drug-likeness (QED) is 0.916. The number of hydrogen-bond donors (Lipinski definition) is 1. The molecule has 94 valence electrons. The van der Waals surface area contributed by atoms with Crippen LogP contribution in [-0.2, 0) is 6.54 Å². The van der Waals surface area contributed by atoms with Crippen molar-refractivity contribution in [1.82, 2.24) is 4.90 Å². The van der Waals surface area contributed by atoms with E-state index in [2.05, 4.69) is 4.90 Å². The Labute approximate surface area is 113 Å². The summed E-state index contributed by atoms with van der Waals surface area (Å²) in [4.78, 5) is 2.43. The molecule has 1 unspecified atom stereocenters. The average molecular weight is 273 g/mol. The number of hydrogen-bond acceptors (Lipinski definition) is 2. The molecule has 2 nitrogen and oxygen atoms in total. The highest BCUT2D eigenvalue weighted by atomic mass is 35.5. The van der Waals surface area contributed by atoms with Crippen LogP contribution in [0.4, 0.5) is 0 Å². The minimum atomic E-state index is 0.634. The van der Waals surface area contributed by atoms with E-state index in [1.54, 1.807) is 0 Å². The molecule has 1 aromatic rings. The van der Waals surface area contributed by atoms with Crippen LogP contribution >= 0.6 is 23.2 Å². The van der Waals surface area contributed by atoms with Gasteiger partial charge in [0.15, 0.2) is 0 Å². The highest BCUT2D eigenvalue weighted by Gasteiger charge is 2.19. The fraction of sp³-hybridized carbons (Fsp3) is 0.538. The van der Waals surface area contributed by atoms with Gasteiger partial charge in [-0.2, -0.15) is 0 Å². The van der Waals surface area contributed by atoms with Gasteiger partial charge in [0.05, 0.1) is 0 Å². The molecule has 4 heteroatoms. The highest BCUT2D eigenvalue weighted by molar-refractivity contribution is 6.35. The van der Waals surface area contributed by atoms with Crippen molar-refractivity contribution < 1.29 is 0 Å². The molecular weight excluding hydrogens is 255 g/mol. The zero-order chi connectivity index (χ0) is 12.3. The first-order chi connectivity index (χ1) is 8.19. The third-order valence-corrected chi connectivity index (χ3v) is 3.93. The first-order valence-corrected chi connectivity index (χ1v) is 6.81. The summed E-state index contributed by atoms with van der Waals surface area (Å²) in [5, 5.41) is 1.45. The van der Waals surface area contributed by atoms with E-state index in [1.807, 2.05) is 18.2 Å². The largest absolute Gasteiger partial charge is 0.330 e. The second kappa shape index (κ2) is 6.05. The van der Waals surface area contributed by atoms with Gasteiger partial charge in [0.2, 0.25) is 0 Å². The fourth-order valence-corrected chi connectivity index (χ4v) is 2.85. The topological polar surface area (TPSA) is 29.3 Å². The van der Waals surface area contributed by atoms with Gasteiger partial charge in [-0.1, -0.05) is 29.3 Å². The Morgan fingerprint density at radius 3 is 2.88 bits per heavy atom. The molecule has 2 N–H and O–H groups in total. The molecule has 0 aliphatic carbocycles. The Morgan fingerprint density at radius 2 is 2.18 bits per heavy atom. The molecule has 2 rings (SSSR count). The number of benzene rings is 1. The SMILES string of the molecule is NCC1CCCN(Cc2ccc(Cl)cc2Cl)C1. The van der Waals surface area contributed by atoms with E-state index in [0.717, 1.165) is 36.8 Å². The maximum Gasteiger partial charge on any atom is 0.0465 e. The van der Waals surface area contributed by atoms with Gasteiger partial charge in [-0.25, -0.2) is 0 Å². The predicted molar refractivity (Wildman–Crippen MR) is 73.5 cm³/mol. The molecule has 1 saturated heterocycles. The van der Waals surface area contributed by atoms with Gasteiger partial charge in [0, 0.05) is 23.1 Å². The lowest BCUT2D eigenvalue weighted by Crippen LogP contribution is -2.37. The van der Waals surface area contributed by atoms with Crippen molar-refractivity contribution in [2.75, 3.05) is 19.6 Å². The summed E-state index contributed by atoms with van der Waals surface area (Å²) >= 11 is 12.1. The smallest absolute Gasteiger partial charge is 0.0465 e. The summed E-state index contributed by atoms with van der Waals surface area (Å²) in [6.07, 6.45) is 2.48. The number of rotatable bonds is 3. The molecule has 0 amide bonds. The Morgan fingerprint density at radius 1 is 1.35 bits per heavy atom. The Hall–Kier alpha value is -0.280. The van der Waals surface area contributed by atoms with E-state index in [-0.39, 0.29) is 0 Å². The van der Waals surface area contributed by atoms with Crippen LogP contribution in [0.2, 0.25) is 10.0 Å². The zero-order valence-corrected chi connectivity index (χ0v) is 11.3. The summed E-state index contributed by atoms with van der Waals surface area (Å²) in [5.74, 6) is 0.634. The Kier molecular flexibility index (Phi) is 4.69. The lowest BCUT2D eigenvalue weighted by Gasteiger charge is -2.32. The van der Waals surface area contributed by atoms with Crippen LogP contribution in [0, 0.1) is 5.92 Å². The van der Waals surface area contributed by atoms with Crippen molar-refractivity contribution in [3.8, 4) is 0 Å². The van der Waals surface area contributed by atoms with E-state index >= 15 is 0 Å². The molecule has 1 aliphatic rings. The summed E-state index contributed by atoms with van der Waals surface area (Å²) in [6.45, 7) is 3.89. The monoisotopic (exact) mass is 272 g/mol. The van der Waals surface area contributed by atoms with Crippen LogP contribution in [0.5, 0.6) is 0 Å². The van der Waals surface area contributed by atoms with Crippen molar-refractivity contribution >= 4 is 23.2 Å². The van der Waals surface area contributed by atoms with Gasteiger partial charge in [-0.3, -0.25) is 4.90 Å². The Balaban J connectivity index is 2.00. The van der Waals surface area contributed by atoms with Crippen LogP contribution in [0.25, 0.3) is 0 Å².